The number of benzene rings is 3. The van der Waals surface area contributed by atoms with Crippen LogP contribution in [0.5, 0.6) is 17.2 Å². The lowest BCUT2D eigenvalue weighted by Crippen LogP contribution is -2.25. The van der Waals surface area contributed by atoms with Gasteiger partial charge in [0.15, 0.2) is 0 Å². The van der Waals surface area contributed by atoms with E-state index in [-0.39, 0.29) is 5.91 Å². The molecule has 0 unspecified atom stereocenters. The molecular formula is C24H20BrCl2NO3. The fraction of sp³-hybridized carbons (Fsp3) is 0.208. The molecule has 0 atom stereocenters. The topological polar surface area (TPSA) is 47.6 Å². The minimum Gasteiger partial charge on any atom is -0.493 e. The predicted octanol–water partition coefficient (Wildman–Crippen LogP) is 6.85. The molecule has 0 fully saturated rings. The highest BCUT2D eigenvalue weighted by Gasteiger charge is 2.15. The number of ether oxygens (including phenoxy) is 2. The predicted molar refractivity (Wildman–Crippen MR) is 127 cm³/mol. The van der Waals surface area contributed by atoms with Crippen LogP contribution < -0.4 is 14.8 Å². The highest BCUT2D eigenvalue weighted by Crippen LogP contribution is 2.37. The molecule has 0 saturated heterocycles. The summed E-state index contributed by atoms with van der Waals surface area (Å²) in [6, 6.07) is 16.3. The van der Waals surface area contributed by atoms with Crippen molar-refractivity contribution in [3.63, 3.8) is 0 Å². The zero-order valence-electron chi connectivity index (χ0n) is 16.6. The molecule has 4 nitrogen and oxygen atoms in total. The van der Waals surface area contributed by atoms with Gasteiger partial charge in [0.1, 0.15) is 17.2 Å². The number of rotatable bonds is 6. The van der Waals surface area contributed by atoms with Gasteiger partial charge in [-0.05, 0) is 72.9 Å². The first-order valence-electron chi connectivity index (χ1n) is 9.95. The zero-order valence-corrected chi connectivity index (χ0v) is 19.7. The molecule has 0 aliphatic carbocycles. The molecule has 0 saturated carbocycles. The van der Waals surface area contributed by atoms with E-state index in [2.05, 4.69) is 21.2 Å². The molecule has 1 heterocycles. The molecule has 3 aromatic carbocycles. The first-order valence-corrected chi connectivity index (χ1v) is 11.5. The lowest BCUT2D eigenvalue weighted by molar-refractivity contribution is 0.0954. The van der Waals surface area contributed by atoms with Crippen LogP contribution in [0.2, 0.25) is 10.0 Å². The van der Waals surface area contributed by atoms with Gasteiger partial charge in [-0.1, -0.05) is 45.2 Å². The summed E-state index contributed by atoms with van der Waals surface area (Å²) in [6.45, 7) is 1.22. The van der Waals surface area contributed by atoms with Gasteiger partial charge in [0.2, 0.25) is 0 Å². The van der Waals surface area contributed by atoms with Gasteiger partial charge >= 0.3 is 0 Å². The van der Waals surface area contributed by atoms with Crippen LogP contribution in [0.4, 0.5) is 0 Å². The van der Waals surface area contributed by atoms with Gasteiger partial charge in [0.05, 0.1) is 11.6 Å². The molecule has 1 amide bonds. The van der Waals surface area contributed by atoms with Gasteiger partial charge in [0, 0.05) is 27.7 Å². The average Bonchev–Trinajstić information content (AvgIpc) is 2.76. The Morgan fingerprint density at radius 3 is 2.68 bits per heavy atom. The van der Waals surface area contributed by atoms with Crippen molar-refractivity contribution < 1.29 is 14.3 Å². The number of carbonyl (C=O) groups excluding carboxylic acids is 1. The number of nitrogens with one attached hydrogen (secondary N) is 1. The zero-order chi connectivity index (χ0) is 21.8. The summed E-state index contributed by atoms with van der Waals surface area (Å²) in [6.07, 6.45) is 2.64. The number of halogens is 3. The Hall–Kier alpha value is -2.21. The van der Waals surface area contributed by atoms with Crippen molar-refractivity contribution in [3.05, 3.63) is 85.8 Å². The molecule has 7 heteroatoms. The molecular weight excluding hydrogens is 501 g/mol. The molecule has 1 N–H and O–H groups in total. The Labute approximate surface area is 199 Å². The highest BCUT2D eigenvalue weighted by molar-refractivity contribution is 9.10. The minimum atomic E-state index is -0.142. The summed E-state index contributed by atoms with van der Waals surface area (Å²) in [7, 11) is 0. The summed E-state index contributed by atoms with van der Waals surface area (Å²) in [5.74, 6) is 1.80. The third-order valence-electron chi connectivity index (χ3n) is 5.00. The number of hydrogen-bond donors (Lipinski definition) is 1. The number of amides is 1. The second-order valence-corrected chi connectivity index (χ2v) is 8.91. The smallest absolute Gasteiger partial charge is 0.251 e. The maximum absolute atomic E-state index is 12.4. The molecule has 1 aliphatic heterocycles. The molecule has 0 bridgehead atoms. The lowest BCUT2D eigenvalue weighted by Gasteiger charge is -2.19. The van der Waals surface area contributed by atoms with Gasteiger partial charge in [-0.3, -0.25) is 4.79 Å². The average molecular weight is 521 g/mol. The van der Waals surface area contributed by atoms with Gasteiger partial charge in [-0.15, -0.1) is 0 Å². The van der Waals surface area contributed by atoms with E-state index in [1.165, 1.54) is 0 Å². The van der Waals surface area contributed by atoms with Gasteiger partial charge in [-0.2, -0.15) is 0 Å². The molecule has 0 aromatic heterocycles. The molecule has 1 aliphatic rings. The Morgan fingerprint density at radius 2 is 1.90 bits per heavy atom. The lowest BCUT2D eigenvalue weighted by atomic mass is 10.1. The van der Waals surface area contributed by atoms with Crippen LogP contribution in [0, 0.1) is 0 Å². The Bertz CT molecular complexity index is 1100. The summed E-state index contributed by atoms with van der Waals surface area (Å²) >= 11 is 15.8. The van der Waals surface area contributed by atoms with Crippen molar-refractivity contribution in [3.8, 4) is 17.2 Å². The Balaban J connectivity index is 1.35. The van der Waals surface area contributed by atoms with E-state index in [1.807, 2.05) is 30.3 Å². The van der Waals surface area contributed by atoms with E-state index in [0.29, 0.717) is 46.7 Å². The van der Waals surface area contributed by atoms with E-state index >= 15 is 0 Å². The first kappa shape index (κ1) is 22.0. The van der Waals surface area contributed by atoms with Crippen LogP contribution in [0.1, 0.15) is 27.9 Å². The van der Waals surface area contributed by atoms with Crippen molar-refractivity contribution in [1.82, 2.24) is 5.32 Å². The molecule has 160 valence electrons. The van der Waals surface area contributed by atoms with E-state index in [4.69, 9.17) is 32.7 Å². The molecule has 0 radical (unpaired) electrons. The Morgan fingerprint density at radius 1 is 1.10 bits per heavy atom. The van der Waals surface area contributed by atoms with Crippen molar-refractivity contribution in [1.29, 1.82) is 0 Å². The third kappa shape index (κ3) is 5.53. The van der Waals surface area contributed by atoms with Crippen LogP contribution in [-0.2, 0) is 12.8 Å². The summed E-state index contributed by atoms with van der Waals surface area (Å²) in [4.78, 5) is 12.4. The fourth-order valence-electron chi connectivity index (χ4n) is 3.37. The maximum Gasteiger partial charge on any atom is 0.251 e. The number of hydrogen-bond acceptors (Lipinski definition) is 3. The quantitative estimate of drug-likeness (QED) is 0.386. The monoisotopic (exact) mass is 519 g/mol. The minimum absolute atomic E-state index is 0.142. The SMILES string of the molecule is O=C(NCCc1ccc(Cl)cc1Br)c1ccc(Oc2cc3c(cc2Cl)CCCO3)cc1. The van der Waals surface area contributed by atoms with E-state index in [0.717, 1.165) is 34.2 Å². The third-order valence-corrected chi connectivity index (χ3v) is 6.27. The van der Waals surface area contributed by atoms with Crippen LogP contribution in [0.3, 0.4) is 0 Å². The second kappa shape index (κ2) is 9.94. The first-order chi connectivity index (χ1) is 15.0. The molecule has 0 spiro atoms. The molecule has 3 aromatic rings. The number of carbonyl (C=O) groups is 1. The Kier molecular flexibility index (Phi) is 7.06. The molecule has 4 rings (SSSR count). The van der Waals surface area contributed by atoms with Crippen LogP contribution in [0.15, 0.2) is 59.1 Å². The standard InChI is InChI=1S/C24H20BrCl2NO3/c25-20-13-18(26)6-3-15(20)9-10-28-24(29)16-4-7-19(8-5-16)31-23-14-22-17(12-21(23)27)2-1-11-30-22/h3-8,12-14H,1-2,9-11H2,(H,28,29). The van der Waals surface area contributed by atoms with Crippen molar-refractivity contribution in [2.75, 3.05) is 13.2 Å². The van der Waals surface area contributed by atoms with Gasteiger partial charge < -0.3 is 14.8 Å². The maximum atomic E-state index is 12.4. The van der Waals surface area contributed by atoms with Crippen molar-refractivity contribution >= 4 is 45.0 Å². The fourth-order valence-corrected chi connectivity index (χ4v) is 4.47. The molecule has 31 heavy (non-hydrogen) atoms. The van der Waals surface area contributed by atoms with E-state index in [1.54, 1.807) is 24.3 Å². The van der Waals surface area contributed by atoms with Crippen LogP contribution in [0.25, 0.3) is 0 Å². The van der Waals surface area contributed by atoms with Crippen LogP contribution in [-0.4, -0.2) is 19.1 Å². The largest absolute Gasteiger partial charge is 0.493 e. The van der Waals surface area contributed by atoms with Crippen molar-refractivity contribution in [2.24, 2.45) is 0 Å². The van der Waals surface area contributed by atoms with Crippen LogP contribution >= 0.6 is 39.1 Å². The number of aryl methyl sites for hydroxylation is 1. The highest BCUT2D eigenvalue weighted by atomic mass is 79.9. The van der Waals surface area contributed by atoms with Crippen molar-refractivity contribution in [2.45, 2.75) is 19.3 Å². The summed E-state index contributed by atoms with van der Waals surface area (Å²) in [5.41, 5.74) is 2.74. The summed E-state index contributed by atoms with van der Waals surface area (Å²) in [5, 5.41) is 4.14. The summed E-state index contributed by atoms with van der Waals surface area (Å²) < 4.78 is 12.5. The van der Waals surface area contributed by atoms with Gasteiger partial charge in [0.25, 0.3) is 5.91 Å². The normalized spacial score (nSPS) is 12.6. The van der Waals surface area contributed by atoms with E-state index < -0.39 is 0 Å². The van der Waals surface area contributed by atoms with E-state index in [9.17, 15) is 4.79 Å². The second-order valence-electron chi connectivity index (χ2n) is 7.21. The van der Waals surface area contributed by atoms with Gasteiger partial charge in [-0.25, -0.2) is 0 Å². The number of fused-ring (bicyclic) bond motifs is 1.